The zero-order valence-electron chi connectivity index (χ0n) is 11.1. The highest BCUT2D eigenvalue weighted by molar-refractivity contribution is 7.98. The van der Waals surface area contributed by atoms with E-state index >= 15 is 0 Å². The number of carbonyl (C=O) groups excluding carboxylic acids is 1. The fraction of sp³-hybridized carbons (Fsp3) is 0.250. The van der Waals surface area contributed by atoms with Crippen molar-refractivity contribution < 1.29 is 4.79 Å². The van der Waals surface area contributed by atoms with Crippen LogP contribution in [0.2, 0.25) is 5.02 Å². The molecule has 1 aromatic carbocycles. The van der Waals surface area contributed by atoms with Crippen LogP contribution in [0.1, 0.15) is 31.6 Å². The number of nitriles is 1. The Balaban J connectivity index is 1.90. The van der Waals surface area contributed by atoms with Gasteiger partial charge in [0.1, 0.15) is 5.92 Å². The molecule has 0 saturated heterocycles. The highest BCUT2D eigenvalue weighted by atomic mass is 35.5. The largest absolute Gasteiger partial charge is 0.291 e. The second-order valence-electron chi connectivity index (χ2n) is 4.84. The summed E-state index contributed by atoms with van der Waals surface area (Å²) in [6.07, 6.45) is 1.02. The van der Waals surface area contributed by atoms with Crippen LogP contribution < -0.4 is 0 Å². The molecule has 0 spiro atoms. The number of hydrogen-bond acceptors (Lipinski definition) is 4. The van der Waals surface area contributed by atoms with Gasteiger partial charge >= 0.3 is 0 Å². The van der Waals surface area contributed by atoms with Crippen LogP contribution >= 0.6 is 34.7 Å². The second kappa shape index (κ2) is 6.23. The molecule has 2 heterocycles. The maximum absolute atomic E-state index is 12.6. The van der Waals surface area contributed by atoms with Crippen LogP contribution in [0.5, 0.6) is 0 Å². The van der Waals surface area contributed by atoms with Gasteiger partial charge in [0.2, 0.25) is 0 Å². The van der Waals surface area contributed by atoms with Crippen molar-refractivity contribution in [1.82, 2.24) is 0 Å². The Hall–Kier alpha value is -1.28. The molecule has 0 amide bonds. The highest BCUT2D eigenvalue weighted by Gasteiger charge is 2.25. The Labute approximate surface area is 136 Å². The van der Waals surface area contributed by atoms with Gasteiger partial charge in [-0.3, -0.25) is 4.79 Å². The number of thioether (sulfide) groups is 1. The molecule has 0 bridgehead atoms. The van der Waals surface area contributed by atoms with Gasteiger partial charge in [0.15, 0.2) is 5.78 Å². The topological polar surface area (TPSA) is 40.9 Å². The van der Waals surface area contributed by atoms with Gasteiger partial charge in [0.05, 0.1) is 10.9 Å². The monoisotopic (exact) mass is 333 g/mol. The Bertz CT molecular complexity index is 691. The van der Waals surface area contributed by atoms with Gasteiger partial charge in [-0.1, -0.05) is 23.7 Å². The smallest absolute Gasteiger partial charge is 0.194 e. The minimum atomic E-state index is -0.755. The molecule has 21 heavy (non-hydrogen) atoms. The normalized spacial score (nSPS) is 15.0. The van der Waals surface area contributed by atoms with E-state index < -0.39 is 5.92 Å². The van der Waals surface area contributed by atoms with Crippen molar-refractivity contribution in [2.45, 2.75) is 18.1 Å². The molecule has 2 nitrogen and oxygen atoms in total. The Morgan fingerprint density at radius 2 is 2.10 bits per heavy atom. The molecule has 2 aromatic rings. The number of carbonyl (C=O) groups is 1. The van der Waals surface area contributed by atoms with Crippen molar-refractivity contribution in [3.63, 3.8) is 0 Å². The average molecular weight is 334 g/mol. The van der Waals surface area contributed by atoms with Crippen molar-refractivity contribution in [1.29, 1.82) is 5.26 Å². The number of fused-ring (bicyclic) bond motifs is 1. The van der Waals surface area contributed by atoms with Crippen LogP contribution in [0, 0.1) is 11.3 Å². The van der Waals surface area contributed by atoms with Crippen molar-refractivity contribution >= 4 is 40.5 Å². The van der Waals surface area contributed by atoms with Gasteiger partial charge in [-0.15, -0.1) is 11.3 Å². The molecule has 1 aromatic heterocycles. The van der Waals surface area contributed by atoms with E-state index in [0.717, 1.165) is 17.9 Å². The van der Waals surface area contributed by atoms with Gasteiger partial charge in [0.25, 0.3) is 0 Å². The number of halogens is 1. The average Bonchev–Trinajstić information content (AvgIpc) is 2.93. The predicted octanol–water partition coefficient (Wildman–Crippen LogP) is 4.68. The van der Waals surface area contributed by atoms with Crippen molar-refractivity contribution in [2.24, 2.45) is 0 Å². The van der Waals surface area contributed by atoms with E-state index in [1.54, 1.807) is 35.6 Å². The standard InChI is InChI=1S/C16H12ClNOS2/c17-12-3-1-10(2-4-12)13(8-18)16(19)15-7-11-9-20-6-5-14(11)21-15/h1-4,7,13H,5-6,9H2. The number of Topliss-reactive ketones (excluding diaryl/α,β-unsaturated/α-hetero) is 1. The van der Waals surface area contributed by atoms with E-state index in [4.69, 9.17) is 11.6 Å². The summed E-state index contributed by atoms with van der Waals surface area (Å²) in [6.45, 7) is 0. The van der Waals surface area contributed by atoms with Crippen molar-refractivity contribution in [3.8, 4) is 6.07 Å². The van der Waals surface area contributed by atoms with E-state index in [1.165, 1.54) is 10.4 Å². The van der Waals surface area contributed by atoms with Crippen molar-refractivity contribution in [2.75, 3.05) is 5.75 Å². The first-order valence-corrected chi connectivity index (χ1v) is 8.92. The summed E-state index contributed by atoms with van der Waals surface area (Å²) < 4.78 is 0. The summed E-state index contributed by atoms with van der Waals surface area (Å²) in [7, 11) is 0. The lowest BCUT2D eigenvalue weighted by Crippen LogP contribution is -2.09. The lowest BCUT2D eigenvalue weighted by molar-refractivity contribution is 0.0982. The molecule has 0 aliphatic carbocycles. The quantitative estimate of drug-likeness (QED) is 0.766. The Kier molecular flexibility index (Phi) is 4.34. The SMILES string of the molecule is N#CC(C(=O)c1cc2c(s1)CCSC2)c1ccc(Cl)cc1. The summed E-state index contributed by atoms with van der Waals surface area (Å²) in [4.78, 5) is 14.6. The van der Waals surface area contributed by atoms with Crippen LogP contribution in [-0.4, -0.2) is 11.5 Å². The molecule has 0 radical (unpaired) electrons. The number of rotatable bonds is 3. The van der Waals surface area contributed by atoms with Crippen LogP contribution in [0.25, 0.3) is 0 Å². The molecule has 5 heteroatoms. The summed E-state index contributed by atoms with van der Waals surface area (Å²) in [5.41, 5.74) is 1.96. The third kappa shape index (κ3) is 3.01. The molecule has 3 rings (SSSR count). The zero-order chi connectivity index (χ0) is 14.8. The first-order valence-electron chi connectivity index (χ1n) is 6.57. The van der Waals surface area contributed by atoms with Crippen LogP contribution in [0.3, 0.4) is 0 Å². The fourth-order valence-corrected chi connectivity index (χ4v) is 4.82. The molecule has 106 valence electrons. The molecule has 1 atom stereocenters. The van der Waals surface area contributed by atoms with E-state index in [-0.39, 0.29) is 5.78 Å². The molecule has 0 N–H and O–H groups in total. The third-order valence-electron chi connectivity index (χ3n) is 3.47. The number of hydrogen-bond donors (Lipinski definition) is 0. The van der Waals surface area contributed by atoms with Gasteiger partial charge in [-0.25, -0.2) is 0 Å². The molecule has 1 aliphatic heterocycles. The molecule has 1 aliphatic rings. The van der Waals surface area contributed by atoms with E-state index in [0.29, 0.717) is 15.5 Å². The number of aryl methyl sites for hydroxylation is 1. The summed E-state index contributed by atoms with van der Waals surface area (Å²) in [5, 5.41) is 9.98. The van der Waals surface area contributed by atoms with Crippen LogP contribution in [0.4, 0.5) is 0 Å². The summed E-state index contributed by atoms with van der Waals surface area (Å²) in [5.74, 6) is 1.22. The molecular formula is C16H12ClNOS2. The molecular weight excluding hydrogens is 322 g/mol. The lowest BCUT2D eigenvalue weighted by Gasteiger charge is -2.08. The second-order valence-corrected chi connectivity index (χ2v) is 7.52. The number of nitrogens with zero attached hydrogens (tertiary/aromatic N) is 1. The highest BCUT2D eigenvalue weighted by Crippen LogP contribution is 2.34. The summed E-state index contributed by atoms with van der Waals surface area (Å²) >= 11 is 9.29. The maximum atomic E-state index is 12.6. The summed E-state index contributed by atoms with van der Waals surface area (Å²) in [6, 6.07) is 11.0. The molecule has 0 saturated carbocycles. The molecule has 0 fully saturated rings. The predicted molar refractivity (Wildman–Crippen MR) is 88.3 cm³/mol. The Morgan fingerprint density at radius 1 is 1.33 bits per heavy atom. The number of benzene rings is 1. The zero-order valence-corrected chi connectivity index (χ0v) is 13.5. The fourth-order valence-electron chi connectivity index (χ4n) is 2.35. The molecule has 1 unspecified atom stereocenters. The first kappa shape index (κ1) is 14.6. The lowest BCUT2D eigenvalue weighted by atomic mass is 9.95. The first-order chi connectivity index (χ1) is 10.2. The van der Waals surface area contributed by atoms with E-state index in [2.05, 4.69) is 6.07 Å². The maximum Gasteiger partial charge on any atom is 0.194 e. The van der Waals surface area contributed by atoms with Crippen molar-refractivity contribution in [3.05, 3.63) is 56.2 Å². The van der Waals surface area contributed by atoms with Gasteiger partial charge in [-0.2, -0.15) is 17.0 Å². The Morgan fingerprint density at radius 3 is 2.76 bits per heavy atom. The van der Waals surface area contributed by atoms with Gasteiger partial charge < -0.3 is 0 Å². The van der Waals surface area contributed by atoms with E-state index in [1.807, 2.05) is 17.8 Å². The van der Waals surface area contributed by atoms with Crippen LogP contribution in [0.15, 0.2) is 30.3 Å². The number of ketones is 1. The number of thiophene rings is 1. The minimum Gasteiger partial charge on any atom is -0.291 e. The minimum absolute atomic E-state index is 0.107. The van der Waals surface area contributed by atoms with E-state index in [9.17, 15) is 10.1 Å². The van der Waals surface area contributed by atoms with Gasteiger partial charge in [0, 0.05) is 15.7 Å². The van der Waals surface area contributed by atoms with Crippen LogP contribution in [-0.2, 0) is 12.2 Å². The van der Waals surface area contributed by atoms with Gasteiger partial charge in [-0.05, 0) is 41.5 Å². The third-order valence-corrected chi connectivity index (χ3v) is 5.98.